The van der Waals surface area contributed by atoms with Crippen molar-refractivity contribution >= 4 is 34.0 Å². The summed E-state index contributed by atoms with van der Waals surface area (Å²) in [5.74, 6) is 0. The lowest BCUT2D eigenvalue weighted by Crippen LogP contribution is -2.29. The summed E-state index contributed by atoms with van der Waals surface area (Å²) in [6.45, 7) is 0. The minimum atomic E-state index is 1.03. The van der Waals surface area contributed by atoms with E-state index in [-0.39, 0.29) is 0 Å². The molecule has 3 heterocycles. The van der Waals surface area contributed by atoms with Gasteiger partial charge < -0.3 is 5.32 Å². The molecular formula is C15H12N3S+. The average molecular weight is 266 g/mol. The van der Waals surface area contributed by atoms with Gasteiger partial charge in [0.1, 0.15) is 17.0 Å². The highest BCUT2D eigenvalue weighted by molar-refractivity contribution is 7.99. The highest BCUT2D eigenvalue weighted by atomic mass is 32.2. The Morgan fingerprint density at radius 2 is 2.05 bits per heavy atom. The molecular weight excluding hydrogens is 254 g/mol. The number of nitrogens with one attached hydrogen (secondary N) is 1. The van der Waals surface area contributed by atoms with Crippen molar-refractivity contribution in [1.82, 2.24) is 4.98 Å². The van der Waals surface area contributed by atoms with E-state index in [0.29, 0.717) is 0 Å². The van der Waals surface area contributed by atoms with E-state index < -0.39 is 0 Å². The quantitative estimate of drug-likeness (QED) is 0.495. The van der Waals surface area contributed by atoms with Gasteiger partial charge in [-0.15, -0.1) is 0 Å². The van der Waals surface area contributed by atoms with Crippen LogP contribution in [-0.4, -0.2) is 4.98 Å². The van der Waals surface area contributed by atoms with Crippen LogP contribution < -0.4 is 9.88 Å². The predicted molar refractivity (Wildman–Crippen MR) is 76.8 cm³/mol. The molecule has 4 rings (SSSR count). The Labute approximate surface area is 115 Å². The van der Waals surface area contributed by atoms with Gasteiger partial charge in [-0.1, -0.05) is 23.9 Å². The molecule has 1 N–H and O–H groups in total. The van der Waals surface area contributed by atoms with Crippen molar-refractivity contribution < 1.29 is 4.57 Å². The Morgan fingerprint density at radius 1 is 1.16 bits per heavy atom. The van der Waals surface area contributed by atoms with Crippen LogP contribution in [0.1, 0.15) is 0 Å². The molecule has 0 aliphatic carbocycles. The first-order chi connectivity index (χ1) is 9.33. The Morgan fingerprint density at radius 3 is 3.00 bits per heavy atom. The molecule has 19 heavy (non-hydrogen) atoms. The molecule has 3 nitrogen and oxygen atoms in total. The van der Waals surface area contributed by atoms with Gasteiger partial charge in [0, 0.05) is 12.3 Å². The standard InChI is InChI=1S/C15H11N3S/c1-18-9-13-14(10-5-2-3-7-12(10)18)17-11-6-4-8-16-15(11)19-13/h2-9H,1H3/p+1. The summed E-state index contributed by atoms with van der Waals surface area (Å²) in [4.78, 5) is 5.63. The van der Waals surface area contributed by atoms with Crippen LogP contribution in [0.25, 0.3) is 10.9 Å². The van der Waals surface area contributed by atoms with Crippen LogP contribution in [0.15, 0.2) is 58.7 Å². The van der Waals surface area contributed by atoms with E-state index in [0.717, 1.165) is 10.7 Å². The van der Waals surface area contributed by atoms with Crippen molar-refractivity contribution in [3.8, 4) is 0 Å². The smallest absolute Gasteiger partial charge is 0.214 e. The number of hydrogen-bond donors (Lipinski definition) is 1. The van der Waals surface area contributed by atoms with E-state index in [9.17, 15) is 0 Å². The third-order valence-corrected chi connectivity index (χ3v) is 4.40. The lowest BCUT2D eigenvalue weighted by Gasteiger charge is -2.19. The van der Waals surface area contributed by atoms with Gasteiger partial charge in [-0.05, 0) is 18.2 Å². The van der Waals surface area contributed by atoms with E-state index in [1.165, 1.54) is 21.5 Å². The average Bonchev–Trinajstić information content (AvgIpc) is 2.46. The minimum absolute atomic E-state index is 1.03. The number of para-hydroxylation sites is 1. The fraction of sp³-hybridized carbons (Fsp3) is 0.0667. The van der Waals surface area contributed by atoms with Gasteiger partial charge in [0.15, 0.2) is 6.20 Å². The number of aromatic nitrogens is 2. The maximum absolute atomic E-state index is 4.42. The molecule has 0 atom stereocenters. The molecule has 0 spiro atoms. The molecule has 3 aromatic rings. The number of aryl methyl sites for hydroxylation is 1. The van der Waals surface area contributed by atoms with Gasteiger partial charge in [-0.2, -0.15) is 4.57 Å². The summed E-state index contributed by atoms with van der Waals surface area (Å²) in [6.07, 6.45) is 3.99. The largest absolute Gasteiger partial charge is 0.352 e. The molecule has 1 aliphatic rings. The van der Waals surface area contributed by atoms with Gasteiger partial charge in [0.05, 0.1) is 16.8 Å². The summed E-state index contributed by atoms with van der Waals surface area (Å²) >= 11 is 1.72. The van der Waals surface area contributed by atoms with Crippen molar-refractivity contribution in [2.75, 3.05) is 5.32 Å². The maximum atomic E-state index is 4.42. The number of pyridine rings is 2. The highest BCUT2D eigenvalue weighted by Crippen LogP contribution is 2.44. The Balaban J connectivity index is 2.01. The van der Waals surface area contributed by atoms with Crippen molar-refractivity contribution in [2.24, 2.45) is 7.05 Å². The number of benzene rings is 1. The molecule has 1 aliphatic heterocycles. The second-order valence-electron chi connectivity index (χ2n) is 4.58. The lowest BCUT2D eigenvalue weighted by molar-refractivity contribution is -0.646. The molecule has 0 unspecified atom stereocenters. The number of fused-ring (bicyclic) bond motifs is 4. The van der Waals surface area contributed by atoms with Crippen molar-refractivity contribution in [1.29, 1.82) is 0 Å². The summed E-state index contributed by atoms with van der Waals surface area (Å²) in [5.41, 5.74) is 3.49. The summed E-state index contributed by atoms with van der Waals surface area (Å²) in [7, 11) is 2.08. The van der Waals surface area contributed by atoms with Crippen LogP contribution in [0, 0.1) is 0 Å². The van der Waals surface area contributed by atoms with E-state index in [2.05, 4.69) is 58.4 Å². The third-order valence-electron chi connectivity index (χ3n) is 3.35. The van der Waals surface area contributed by atoms with Crippen LogP contribution in [0.2, 0.25) is 0 Å². The van der Waals surface area contributed by atoms with Crippen LogP contribution >= 0.6 is 11.8 Å². The van der Waals surface area contributed by atoms with Gasteiger partial charge >= 0.3 is 0 Å². The van der Waals surface area contributed by atoms with Gasteiger partial charge in [-0.3, -0.25) is 0 Å². The van der Waals surface area contributed by atoms with Crippen LogP contribution in [0.5, 0.6) is 0 Å². The monoisotopic (exact) mass is 266 g/mol. The Kier molecular flexibility index (Phi) is 2.26. The maximum Gasteiger partial charge on any atom is 0.214 e. The molecule has 1 aromatic carbocycles. The lowest BCUT2D eigenvalue weighted by atomic mass is 10.1. The fourth-order valence-corrected chi connectivity index (χ4v) is 3.47. The molecule has 0 saturated carbocycles. The molecule has 0 radical (unpaired) electrons. The van der Waals surface area contributed by atoms with E-state index in [1.807, 2.05) is 12.3 Å². The summed E-state index contributed by atoms with van der Waals surface area (Å²) < 4.78 is 2.16. The first kappa shape index (κ1) is 10.8. The van der Waals surface area contributed by atoms with Crippen molar-refractivity contribution in [3.05, 3.63) is 48.8 Å². The second-order valence-corrected chi connectivity index (χ2v) is 5.61. The number of rotatable bonds is 0. The molecule has 0 saturated heterocycles. The van der Waals surface area contributed by atoms with Crippen LogP contribution in [0.4, 0.5) is 11.4 Å². The van der Waals surface area contributed by atoms with E-state index in [4.69, 9.17) is 0 Å². The predicted octanol–water partition coefficient (Wildman–Crippen LogP) is 3.27. The SMILES string of the molecule is C[n+]1cc2c(c3ccccc31)Nc1cccnc1S2. The topological polar surface area (TPSA) is 28.8 Å². The van der Waals surface area contributed by atoms with E-state index in [1.54, 1.807) is 11.8 Å². The molecule has 92 valence electrons. The zero-order chi connectivity index (χ0) is 12.8. The normalized spacial score (nSPS) is 12.7. The van der Waals surface area contributed by atoms with Gasteiger partial charge in [0.2, 0.25) is 5.52 Å². The van der Waals surface area contributed by atoms with E-state index >= 15 is 0 Å². The van der Waals surface area contributed by atoms with Gasteiger partial charge in [-0.25, -0.2) is 4.98 Å². The minimum Gasteiger partial charge on any atom is -0.352 e. The fourth-order valence-electron chi connectivity index (χ4n) is 2.45. The second kappa shape index (κ2) is 3.96. The van der Waals surface area contributed by atoms with Crippen LogP contribution in [-0.2, 0) is 7.05 Å². The molecule has 0 amide bonds. The Bertz CT molecular complexity index is 798. The first-order valence-corrected chi connectivity index (χ1v) is 6.96. The van der Waals surface area contributed by atoms with Gasteiger partial charge in [0.25, 0.3) is 0 Å². The molecule has 2 aromatic heterocycles. The number of nitrogens with zero attached hydrogens (tertiary/aromatic N) is 2. The zero-order valence-corrected chi connectivity index (χ0v) is 11.2. The van der Waals surface area contributed by atoms with Crippen LogP contribution in [0.3, 0.4) is 0 Å². The first-order valence-electron chi connectivity index (χ1n) is 6.14. The molecule has 0 bridgehead atoms. The zero-order valence-electron chi connectivity index (χ0n) is 10.4. The van der Waals surface area contributed by atoms with Crippen molar-refractivity contribution in [2.45, 2.75) is 9.92 Å². The summed E-state index contributed by atoms with van der Waals surface area (Å²) in [5, 5.41) is 5.79. The summed E-state index contributed by atoms with van der Waals surface area (Å²) in [6, 6.07) is 12.5. The Hall–Kier alpha value is -2.07. The van der Waals surface area contributed by atoms with Crippen molar-refractivity contribution in [3.63, 3.8) is 0 Å². The molecule has 4 heteroatoms. The third kappa shape index (κ3) is 1.60. The highest BCUT2D eigenvalue weighted by Gasteiger charge is 2.22. The molecule has 0 fully saturated rings. The number of hydrogen-bond acceptors (Lipinski definition) is 3. The number of anilines is 2.